The molecule has 0 saturated heterocycles. The summed E-state index contributed by atoms with van der Waals surface area (Å²) in [6.07, 6.45) is -5.37. The fourth-order valence-corrected chi connectivity index (χ4v) is 5.24. The number of hydrogen-bond donors (Lipinski definition) is 2. The normalized spacial score (nSPS) is 28.6. The number of sulfone groups is 1. The van der Waals surface area contributed by atoms with E-state index in [1.807, 2.05) is 0 Å². The molecule has 2 N–H and O–H groups in total. The molecular weight excluding hydrogens is 406 g/mol. The molecule has 0 radical (unpaired) electrons. The van der Waals surface area contributed by atoms with Crippen molar-refractivity contribution in [3.8, 4) is 17.6 Å². The monoisotopic (exact) mass is 415 g/mol. The maximum Gasteiger partial charge on any atom is 0.384 e. The van der Waals surface area contributed by atoms with E-state index in [4.69, 9.17) is 10.00 Å². The number of aliphatic hydroxyl groups excluding tert-OH is 1. The molecule has 0 amide bonds. The van der Waals surface area contributed by atoms with Crippen LogP contribution in [0.25, 0.3) is 0 Å². The zero-order valence-corrected chi connectivity index (χ0v) is 14.3. The molecule has 4 rings (SSSR count). The van der Waals surface area contributed by atoms with E-state index in [1.165, 1.54) is 0 Å². The molecule has 2 aromatic rings. The molecule has 1 heterocycles. The molecule has 0 bridgehead atoms. The van der Waals surface area contributed by atoms with Crippen LogP contribution < -0.4 is 4.74 Å². The van der Waals surface area contributed by atoms with Crippen LogP contribution >= 0.6 is 0 Å². The lowest BCUT2D eigenvalue weighted by Crippen LogP contribution is -2.50. The summed E-state index contributed by atoms with van der Waals surface area (Å²) in [5.74, 6) is -1.60. The van der Waals surface area contributed by atoms with Gasteiger partial charge in [-0.3, -0.25) is 0 Å². The highest BCUT2D eigenvalue weighted by molar-refractivity contribution is 7.93. The first kappa shape index (κ1) is 18.7. The Morgan fingerprint density at radius 3 is 2.54 bits per heavy atom. The Morgan fingerprint density at radius 1 is 1.21 bits per heavy atom. The summed E-state index contributed by atoms with van der Waals surface area (Å²) in [5.41, 5.74) is -5.61. The number of halogens is 4. The summed E-state index contributed by atoms with van der Waals surface area (Å²) in [4.78, 5) is -1.03. The van der Waals surface area contributed by atoms with Crippen molar-refractivity contribution in [2.75, 3.05) is 0 Å². The predicted molar refractivity (Wildman–Crippen MR) is 83.5 cm³/mol. The van der Waals surface area contributed by atoms with Gasteiger partial charge in [-0.1, -0.05) is 0 Å². The van der Waals surface area contributed by atoms with E-state index < -0.39 is 60.6 Å². The Morgan fingerprint density at radius 2 is 1.89 bits per heavy atom. The standard InChI is InChI=1S/C17H9F4NO5S/c18-8-3-7(6-22)4-9(5-8)27-10-1-2-11-13-12(10)14(23)15(19)16(13,24)17(20,21)28(11,25)26/h1-5,14-15,23-24H. The van der Waals surface area contributed by atoms with E-state index in [9.17, 15) is 36.2 Å². The summed E-state index contributed by atoms with van der Waals surface area (Å²) >= 11 is 0. The predicted octanol–water partition coefficient (Wildman–Crippen LogP) is 2.44. The molecule has 0 fully saturated rings. The quantitative estimate of drug-likeness (QED) is 0.730. The third kappa shape index (κ3) is 1.99. The van der Waals surface area contributed by atoms with E-state index >= 15 is 0 Å². The van der Waals surface area contributed by atoms with E-state index in [0.717, 1.165) is 24.3 Å². The first-order valence-electron chi connectivity index (χ1n) is 7.69. The molecule has 0 aromatic heterocycles. The van der Waals surface area contributed by atoms with Crippen LogP contribution in [0.4, 0.5) is 17.6 Å². The number of nitrogens with zero attached hydrogens (tertiary/aromatic N) is 1. The highest BCUT2D eigenvalue weighted by atomic mass is 32.2. The number of aliphatic hydroxyl groups is 2. The summed E-state index contributed by atoms with van der Waals surface area (Å²) in [6, 6.07) is 6.06. The Kier molecular flexibility index (Phi) is 3.63. The van der Waals surface area contributed by atoms with Gasteiger partial charge >= 0.3 is 5.25 Å². The van der Waals surface area contributed by atoms with Crippen molar-refractivity contribution in [1.82, 2.24) is 0 Å². The fraction of sp³-hybridized carbons (Fsp3) is 0.235. The average molecular weight is 415 g/mol. The van der Waals surface area contributed by atoms with Crippen molar-refractivity contribution >= 4 is 9.84 Å². The van der Waals surface area contributed by atoms with Crippen LogP contribution in [0.1, 0.15) is 22.8 Å². The summed E-state index contributed by atoms with van der Waals surface area (Å²) in [7, 11) is -5.42. The second-order valence-corrected chi connectivity index (χ2v) is 8.33. The Labute approximate surface area is 155 Å². The molecule has 0 saturated carbocycles. The average Bonchev–Trinajstić information content (AvgIpc) is 2.90. The number of benzene rings is 2. The van der Waals surface area contributed by atoms with Gasteiger partial charge in [0.15, 0.2) is 6.17 Å². The van der Waals surface area contributed by atoms with Crippen LogP contribution in [0.15, 0.2) is 35.2 Å². The minimum atomic E-state index is -5.42. The molecule has 0 spiro atoms. The molecule has 6 nitrogen and oxygen atoms in total. The fourth-order valence-electron chi connectivity index (χ4n) is 3.55. The molecule has 146 valence electrons. The van der Waals surface area contributed by atoms with Crippen LogP contribution in [-0.4, -0.2) is 30.1 Å². The third-order valence-corrected chi connectivity index (χ3v) is 6.72. The Balaban J connectivity index is 1.95. The largest absolute Gasteiger partial charge is 0.457 e. The van der Waals surface area contributed by atoms with E-state index in [0.29, 0.717) is 6.07 Å². The maximum atomic E-state index is 14.5. The topological polar surface area (TPSA) is 108 Å². The van der Waals surface area contributed by atoms with Gasteiger partial charge in [0.1, 0.15) is 23.4 Å². The second kappa shape index (κ2) is 5.44. The van der Waals surface area contributed by atoms with Crippen molar-refractivity contribution in [3.05, 3.63) is 52.8 Å². The summed E-state index contributed by atoms with van der Waals surface area (Å²) in [6.45, 7) is 0. The first-order chi connectivity index (χ1) is 13.0. The molecule has 28 heavy (non-hydrogen) atoms. The van der Waals surface area contributed by atoms with Gasteiger partial charge in [0, 0.05) is 17.2 Å². The van der Waals surface area contributed by atoms with Crippen LogP contribution in [-0.2, 0) is 15.4 Å². The third-order valence-electron chi connectivity index (χ3n) is 4.82. The maximum absolute atomic E-state index is 14.5. The van der Waals surface area contributed by atoms with E-state index in [1.54, 1.807) is 6.07 Å². The second-order valence-electron chi connectivity index (χ2n) is 6.37. The van der Waals surface area contributed by atoms with Gasteiger partial charge in [-0.2, -0.15) is 14.0 Å². The van der Waals surface area contributed by atoms with Gasteiger partial charge in [0.2, 0.25) is 15.4 Å². The molecule has 3 unspecified atom stereocenters. The highest BCUT2D eigenvalue weighted by Crippen LogP contribution is 2.64. The van der Waals surface area contributed by atoms with Crippen LogP contribution in [0.5, 0.6) is 11.5 Å². The molecule has 2 aliphatic rings. The Bertz CT molecular complexity index is 1180. The Hall–Kier alpha value is -2.68. The van der Waals surface area contributed by atoms with Gasteiger partial charge in [-0.05, 0) is 24.3 Å². The van der Waals surface area contributed by atoms with E-state index in [2.05, 4.69) is 0 Å². The van der Waals surface area contributed by atoms with E-state index in [-0.39, 0.29) is 11.3 Å². The van der Waals surface area contributed by atoms with Crippen molar-refractivity contribution in [2.24, 2.45) is 0 Å². The van der Waals surface area contributed by atoms with Gasteiger partial charge in [0.25, 0.3) is 0 Å². The number of rotatable bonds is 2. The van der Waals surface area contributed by atoms with Crippen molar-refractivity contribution in [1.29, 1.82) is 5.26 Å². The lowest BCUT2D eigenvalue weighted by atomic mass is 9.95. The minimum absolute atomic E-state index is 0.137. The van der Waals surface area contributed by atoms with Crippen molar-refractivity contribution in [2.45, 2.75) is 28.0 Å². The lowest BCUT2D eigenvalue weighted by Gasteiger charge is -2.28. The van der Waals surface area contributed by atoms with Gasteiger partial charge in [0.05, 0.1) is 16.5 Å². The zero-order chi connectivity index (χ0) is 20.6. The van der Waals surface area contributed by atoms with Gasteiger partial charge in [-0.15, -0.1) is 0 Å². The SMILES string of the molecule is N#Cc1cc(F)cc(Oc2ccc3c4c2C(O)C(F)C4(O)C(F)(F)S3(=O)=O)c1. The van der Waals surface area contributed by atoms with Crippen LogP contribution in [0, 0.1) is 17.1 Å². The molecule has 1 aliphatic heterocycles. The number of alkyl halides is 3. The highest BCUT2D eigenvalue weighted by Gasteiger charge is 2.78. The first-order valence-corrected chi connectivity index (χ1v) is 9.18. The van der Waals surface area contributed by atoms with Gasteiger partial charge < -0.3 is 14.9 Å². The zero-order valence-electron chi connectivity index (χ0n) is 13.5. The molecule has 1 aliphatic carbocycles. The molecule has 3 atom stereocenters. The molecule has 11 heteroatoms. The minimum Gasteiger partial charge on any atom is -0.457 e. The lowest BCUT2D eigenvalue weighted by molar-refractivity contribution is -0.177. The number of hydrogen-bond acceptors (Lipinski definition) is 6. The van der Waals surface area contributed by atoms with Crippen molar-refractivity contribution < 1.29 is 40.9 Å². The molecule has 2 aromatic carbocycles. The number of ether oxygens (including phenoxy) is 1. The number of nitriles is 1. The van der Waals surface area contributed by atoms with Gasteiger partial charge in [-0.25, -0.2) is 17.2 Å². The summed E-state index contributed by atoms with van der Waals surface area (Å²) < 4.78 is 86.4. The van der Waals surface area contributed by atoms with Crippen LogP contribution in [0.3, 0.4) is 0 Å². The summed E-state index contributed by atoms with van der Waals surface area (Å²) in [5, 5.41) is 24.3. The smallest absolute Gasteiger partial charge is 0.384 e. The van der Waals surface area contributed by atoms with Crippen LogP contribution in [0.2, 0.25) is 0 Å². The van der Waals surface area contributed by atoms with Crippen molar-refractivity contribution in [3.63, 3.8) is 0 Å². The molecular formula is C17H9F4NO5S.